The van der Waals surface area contributed by atoms with Gasteiger partial charge >= 0.3 is 0 Å². The fraction of sp³-hybridized carbons (Fsp3) is 0.471. The number of nitrogens with zero attached hydrogens (tertiary/aromatic N) is 1. The molecule has 0 radical (unpaired) electrons. The molecule has 2 rings (SSSR count). The Morgan fingerprint density at radius 1 is 1.20 bits per heavy atom. The number of para-hydroxylation sites is 1. The van der Waals surface area contributed by atoms with E-state index < -0.39 is 0 Å². The zero-order chi connectivity index (χ0) is 14.4. The second-order valence-corrected chi connectivity index (χ2v) is 5.38. The highest BCUT2D eigenvalue weighted by atomic mass is 16.5. The minimum absolute atomic E-state index is 0.377. The van der Waals surface area contributed by atoms with E-state index in [1.807, 2.05) is 19.2 Å². The van der Waals surface area contributed by atoms with Gasteiger partial charge in [-0.25, -0.2) is 0 Å². The van der Waals surface area contributed by atoms with E-state index in [1.54, 1.807) is 0 Å². The first-order valence-corrected chi connectivity index (χ1v) is 7.36. The Morgan fingerprint density at radius 2 is 2.00 bits per heavy atom. The van der Waals surface area contributed by atoms with Gasteiger partial charge in [0.2, 0.25) is 0 Å². The van der Waals surface area contributed by atoms with Crippen molar-refractivity contribution in [1.29, 1.82) is 0 Å². The molecule has 0 saturated heterocycles. The van der Waals surface area contributed by atoms with Gasteiger partial charge in [0.05, 0.1) is 12.1 Å². The van der Waals surface area contributed by atoms with E-state index in [9.17, 15) is 0 Å². The number of benzene rings is 1. The van der Waals surface area contributed by atoms with Crippen molar-refractivity contribution in [1.82, 2.24) is 10.3 Å². The highest BCUT2D eigenvalue weighted by molar-refractivity contribution is 5.81. The Balaban J connectivity index is 2.07. The van der Waals surface area contributed by atoms with E-state index in [-0.39, 0.29) is 0 Å². The van der Waals surface area contributed by atoms with Gasteiger partial charge in [0, 0.05) is 30.8 Å². The molecule has 0 bridgehead atoms. The van der Waals surface area contributed by atoms with E-state index in [2.05, 4.69) is 48.4 Å². The van der Waals surface area contributed by atoms with E-state index in [4.69, 9.17) is 4.74 Å². The van der Waals surface area contributed by atoms with Gasteiger partial charge in [-0.1, -0.05) is 32.0 Å². The summed E-state index contributed by atoms with van der Waals surface area (Å²) in [4.78, 5) is 4.40. The predicted molar refractivity (Wildman–Crippen MR) is 83.7 cm³/mol. The van der Waals surface area contributed by atoms with Crippen LogP contribution in [0, 0.1) is 5.92 Å². The summed E-state index contributed by atoms with van der Waals surface area (Å²) in [5.74, 6) is 0.551. The normalized spacial score (nSPS) is 13.0. The third-order valence-electron chi connectivity index (χ3n) is 3.60. The number of rotatable bonds is 7. The minimum atomic E-state index is 0.377. The summed E-state index contributed by atoms with van der Waals surface area (Å²) in [6.45, 7) is 8.86. The number of hydrogen-bond donors (Lipinski definition) is 1. The summed E-state index contributed by atoms with van der Waals surface area (Å²) in [6, 6.07) is 10.7. The molecule has 3 nitrogen and oxygen atoms in total. The van der Waals surface area contributed by atoms with Crippen LogP contribution in [0.5, 0.6) is 0 Å². The van der Waals surface area contributed by atoms with Crippen molar-refractivity contribution in [2.75, 3.05) is 13.2 Å². The molecule has 20 heavy (non-hydrogen) atoms. The van der Waals surface area contributed by atoms with Crippen LogP contribution in [0.3, 0.4) is 0 Å². The number of hydrogen-bond acceptors (Lipinski definition) is 3. The maximum atomic E-state index is 5.56. The number of fused-ring (bicyclic) bond motifs is 1. The zero-order valence-corrected chi connectivity index (χ0v) is 12.6. The Hall–Kier alpha value is -1.45. The Morgan fingerprint density at radius 3 is 2.75 bits per heavy atom. The average molecular weight is 272 g/mol. The Kier molecular flexibility index (Phi) is 5.50. The van der Waals surface area contributed by atoms with Crippen LogP contribution in [0.4, 0.5) is 0 Å². The van der Waals surface area contributed by atoms with Crippen LogP contribution in [0.1, 0.15) is 26.3 Å². The molecule has 1 heterocycles. The van der Waals surface area contributed by atoms with Gasteiger partial charge in [0.15, 0.2) is 0 Å². The van der Waals surface area contributed by atoms with Crippen molar-refractivity contribution >= 4 is 10.9 Å². The van der Waals surface area contributed by atoms with Crippen LogP contribution in [0.2, 0.25) is 0 Å². The molecule has 0 fully saturated rings. The van der Waals surface area contributed by atoms with Crippen molar-refractivity contribution in [2.24, 2.45) is 5.92 Å². The number of nitrogens with one attached hydrogen (secondary N) is 1. The molecule has 2 aromatic rings. The summed E-state index contributed by atoms with van der Waals surface area (Å²) in [6.07, 6.45) is 1.88. The maximum Gasteiger partial charge on any atom is 0.0705 e. The third-order valence-corrected chi connectivity index (χ3v) is 3.60. The summed E-state index contributed by atoms with van der Waals surface area (Å²) >= 11 is 0. The topological polar surface area (TPSA) is 34.1 Å². The van der Waals surface area contributed by atoms with Crippen LogP contribution in [-0.2, 0) is 11.3 Å². The summed E-state index contributed by atoms with van der Waals surface area (Å²) < 4.78 is 5.56. The van der Waals surface area contributed by atoms with Gasteiger partial charge in [0.1, 0.15) is 0 Å². The molecule has 0 aliphatic rings. The summed E-state index contributed by atoms with van der Waals surface area (Å²) in [5, 5.41) is 4.83. The first-order chi connectivity index (χ1) is 9.72. The first-order valence-electron chi connectivity index (χ1n) is 7.36. The SMILES string of the molecule is CCOCC(NCc1ccnc2ccccc12)C(C)C. The van der Waals surface area contributed by atoms with Crippen molar-refractivity contribution in [3.63, 3.8) is 0 Å². The summed E-state index contributed by atoms with van der Waals surface area (Å²) in [7, 11) is 0. The maximum absolute atomic E-state index is 5.56. The molecule has 1 aromatic heterocycles. The fourth-order valence-electron chi connectivity index (χ4n) is 2.28. The second kappa shape index (κ2) is 7.36. The minimum Gasteiger partial charge on any atom is -0.380 e. The lowest BCUT2D eigenvalue weighted by Crippen LogP contribution is -2.37. The standard InChI is InChI=1S/C17H24N2O/c1-4-20-12-17(13(2)3)19-11-14-9-10-18-16-8-6-5-7-15(14)16/h5-10,13,17,19H,4,11-12H2,1-3H3. The van der Waals surface area contributed by atoms with Crippen molar-refractivity contribution in [3.05, 3.63) is 42.1 Å². The van der Waals surface area contributed by atoms with Gasteiger partial charge < -0.3 is 10.1 Å². The molecular formula is C17H24N2O. The Bertz CT molecular complexity index is 534. The van der Waals surface area contributed by atoms with Crippen LogP contribution in [-0.4, -0.2) is 24.2 Å². The molecule has 0 aliphatic carbocycles. The van der Waals surface area contributed by atoms with Gasteiger partial charge in [0.25, 0.3) is 0 Å². The smallest absolute Gasteiger partial charge is 0.0705 e. The van der Waals surface area contributed by atoms with Gasteiger partial charge in [-0.3, -0.25) is 4.98 Å². The highest BCUT2D eigenvalue weighted by Gasteiger charge is 2.13. The Labute approximate surface area is 121 Å². The molecule has 0 spiro atoms. The fourth-order valence-corrected chi connectivity index (χ4v) is 2.28. The molecule has 0 saturated carbocycles. The van der Waals surface area contributed by atoms with Crippen LogP contribution < -0.4 is 5.32 Å². The predicted octanol–water partition coefficient (Wildman–Crippen LogP) is 3.39. The van der Waals surface area contributed by atoms with Crippen LogP contribution in [0.15, 0.2) is 36.5 Å². The van der Waals surface area contributed by atoms with E-state index in [1.165, 1.54) is 10.9 Å². The monoisotopic (exact) mass is 272 g/mol. The van der Waals surface area contributed by atoms with Crippen molar-refractivity contribution in [2.45, 2.75) is 33.4 Å². The van der Waals surface area contributed by atoms with Gasteiger partial charge in [-0.05, 0) is 30.5 Å². The molecule has 1 N–H and O–H groups in total. The molecule has 0 amide bonds. The van der Waals surface area contributed by atoms with Gasteiger partial charge in [-0.2, -0.15) is 0 Å². The second-order valence-electron chi connectivity index (χ2n) is 5.38. The van der Waals surface area contributed by atoms with Crippen LogP contribution >= 0.6 is 0 Å². The number of ether oxygens (including phenoxy) is 1. The van der Waals surface area contributed by atoms with Gasteiger partial charge in [-0.15, -0.1) is 0 Å². The molecule has 1 aromatic carbocycles. The van der Waals surface area contributed by atoms with E-state index in [0.717, 1.165) is 25.3 Å². The van der Waals surface area contributed by atoms with E-state index in [0.29, 0.717) is 12.0 Å². The molecule has 0 aliphatic heterocycles. The van der Waals surface area contributed by atoms with Crippen molar-refractivity contribution < 1.29 is 4.74 Å². The quantitative estimate of drug-likeness (QED) is 0.839. The third kappa shape index (κ3) is 3.78. The largest absolute Gasteiger partial charge is 0.380 e. The lowest BCUT2D eigenvalue weighted by atomic mass is 10.0. The highest BCUT2D eigenvalue weighted by Crippen LogP contribution is 2.16. The molecule has 3 heteroatoms. The average Bonchev–Trinajstić information content (AvgIpc) is 2.47. The first kappa shape index (κ1) is 14.9. The van der Waals surface area contributed by atoms with Crippen molar-refractivity contribution in [3.8, 4) is 0 Å². The number of aromatic nitrogens is 1. The molecule has 1 atom stereocenters. The lowest BCUT2D eigenvalue weighted by molar-refractivity contribution is 0.108. The zero-order valence-electron chi connectivity index (χ0n) is 12.6. The lowest BCUT2D eigenvalue weighted by Gasteiger charge is -2.22. The molecule has 108 valence electrons. The molecule has 1 unspecified atom stereocenters. The summed E-state index contributed by atoms with van der Waals surface area (Å²) in [5.41, 5.74) is 2.34. The number of pyridine rings is 1. The van der Waals surface area contributed by atoms with E-state index >= 15 is 0 Å². The van der Waals surface area contributed by atoms with Crippen LogP contribution in [0.25, 0.3) is 10.9 Å². The molecular weight excluding hydrogens is 248 g/mol.